The third-order valence-corrected chi connectivity index (χ3v) is 5.57. The lowest BCUT2D eigenvalue weighted by Crippen LogP contribution is -2.34. The van der Waals surface area contributed by atoms with Gasteiger partial charge >= 0.3 is 0 Å². The molecule has 0 bridgehead atoms. The molecule has 1 aromatic heterocycles. The predicted molar refractivity (Wildman–Crippen MR) is 84.4 cm³/mol. The van der Waals surface area contributed by atoms with Gasteiger partial charge in [-0.05, 0) is 38.0 Å². The van der Waals surface area contributed by atoms with Crippen LogP contribution < -0.4 is 10.3 Å². The third kappa shape index (κ3) is 2.78. The van der Waals surface area contributed by atoms with Crippen molar-refractivity contribution in [1.29, 1.82) is 0 Å². The molecule has 1 aliphatic carbocycles. The number of nitrogens with one attached hydrogen (secondary N) is 2. The molecule has 6 nitrogen and oxygen atoms in total. The summed E-state index contributed by atoms with van der Waals surface area (Å²) in [6, 6.07) is 4.46. The van der Waals surface area contributed by atoms with Crippen molar-refractivity contribution in [1.82, 2.24) is 14.7 Å². The van der Waals surface area contributed by atoms with Crippen molar-refractivity contribution in [3.05, 3.63) is 34.4 Å². The summed E-state index contributed by atoms with van der Waals surface area (Å²) in [7, 11) is -3.62. The first-order chi connectivity index (χ1) is 10.2. The molecule has 0 aliphatic heterocycles. The fourth-order valence-corrected chi connectivity index (χ4v) is 3.74. The van der Waals surface area contributed by atoms with Gasteiger partial charge in [-0.15, -0.1) is 0 Å². The molecule has 2 aromatic rings. The quantitative estimate of drug-likeness (QED) is 0.899. The summed E-state index contributed by atoms with van der Waals surface area (Å²) in [5.74, 6) is 0.689. The fraction of sp³-hybridized carbons (Fsp3) is 0.467. The second-order valence-electron chi connectivity index (χ2n) is 6.45. The number of H-pyrrole nitrogens is 1. The Morgan fingerprint density at radius 2 is 2.00 bits per heavy atom. The summed E-state index contributed by atoms with van der Waals surface area (Å²) in [6.45, 7) is 5.74. The zero-order chi connectivity index (χ0) is 16.1. The van der Waals surface area contributed by atoms with Gasteiger partial charge in [0.1, 0.15) is 5.82 Å². The highest BCUT2D eigenvalue weighted by atomic mass is 32.2. The van der Waals surface area contributed by atoms with E-state index < -0.39 is 10.0 Å². The summed E-state index contributed by atoms with van der Waals surface area (Å²) in [6.07, 6.45) is 1.67. The van der Waals surface area contributed by atoms with Gasteiger partial charge in [0.25, 0.3) is 5.56 Å². The molecular weight excluding hydrogens is 302 g/mol. The third-order valence-electron chi connectivity index (χ3n) is 3.93. The van der Waals surface area contributed by atoms with E-state index in [1.807, 2.05) is 20.8 Å². The maximum Gasteiger partial charge on any atom is 0.258 e. The standard InChI is InChI=1S/C15H19N3O3S/c1-9(2)13-16-12-5-4-10(8-11(12)14(19)17-13)22(20,21)18-15(3)6-7-15/h4-5,8-9,18H,6-7H2,1-3H3,(H,16,17,19). The average molecular weight is 321 g/mol. The molecule has 2 N–H and O–H groups in total. The first-order valence-corrected chi connectivity index (χ1v) is 8.76. The van der Waals surface area contributed by atoms with Gasteiger partial charge < -0.3 is 4.98 Å². The van der Waals surface area contributed by atoms with Crippen LogP contribution in [0.25, 0.3) is 10.9 Å². The maximum absolute atomic E-state index is 12.4. The van der Waals surface area contributed by atoms with Crippen molar-refractivity contribution in [3.63, 3.8) is 0 Å². The minimum Gasteiger partial charge on any atom is -0.310 e. The van der Waals surface area contributed by atoms with E-state index in [1.165, 1.54) is 12.1 Å². The van der Waals surface area contributed by atoms with Crippen LogP contribution >= 0.6 is 0 Å². The molecule has 1 fully saturated rings. The topological polar surface area (TPSA) is 91.9 Å². The minimum atomic E-state index is -3.62. The Labute approximate surface area is 129 Å². The van der Waals surface area contributed by atoms with Gasteiger partial charge in [-0.25, -0.2) is 18.1 Å². The SMILES string of the molecule is CC(C)c1nc2ccc(S(=O)(=O)NC3(C)CC3)cc2c(=O)[nH]1. The molecule has 0 atom stereocenters. The Hall–Kier alpha value is -1.73. The molecule has 22 heavy (non-hydrogen) atoms. The van der Waals surface area contributed by atoms with Crippen LogP contribution in [0.2, 0.25) is 0 Å². The highest BCUT2D eigenvalue weighted by Gasteiger charge is 2.41. The summed E-state index contributed by atoms with van der Waals surface area (Å²) in [5, 5.41) is 0.285. The zero-order valence-corrected chi connectivity index (χ0v) is 13.6. The van der Waals surface area contributed by atoms with Crippen LogP contribution in [0.4, 0.5) is 0 Å². The molecular formula is C15H19N3O3S. The van der Waals surface area contributed by atoms with E-state index in [0.717, 1.165) is 12.8 Å². The van der Waals surface area contributed by atoms with Crippen LogP contribution in [0, 0.1) is 0 Å². The lowest BCUT2D eigenvalue weighted by atomic mass is 10.2. The summed E-state index contributed by atoms with van der Waals surface area (Å²) in [4.78, 5) is 19.3. The zero-order valence-electron chi connectivity index (χ0n) is 12.8. The second-order valence-corrected chi connectivity index (χ2v) is 8.13. The number of sulfonamides is 1. The normalized spacial score (nSPS) is 17.1. The fourth-order valence-electron chi connectivity index (χ4n) is 2.25. The van der Waals surface area contributed by atoms with Crippen LogP contribution in [0.15, 0.2) is 27.9 Å². The number of aromatic amines is 1. The van der Waals surface area contributed by atoms with Gasteiger partial charge in [-0.2, -0.15) is 0 Å². The van der Waals surface area contributed by atoms with Gasteiger partial charge in [-0.1, -0.05) is 13.8 Å². The Bertz CT molecular complexity index is 896. The smallest absolute Gasteiger partial charge is 0.258 e. The van der Waals surface area contributed by atoms with E-state index in [9.17, 15) is 13.2 Å². The van der Waals surface area contributed by atoms with Crippen LogP contribution in [0.1, 0.15) is 45.4 Å². The monoisotopic (exact) mass is 321 g/mol. The number of rotatable bonds is 4. The van der Waals surface area contributed by atoms with Gasteiger partial charge in [0.15, 0.2) is 0 Å². The molecule has 0 spiro atoms. The van der Waals surface area contributed by atoms with Crippen molar-refractivity contribution < 1.29 is 8.42 Å². The van der Waals surface area contributed by atoms with E-state index in [4.69, 9.17) is 0 Å². The van der Waals surface area contributed by atoms with Gasteiger partial charge in [-0.3, -0.25) is 4.79 Å². The van der Waals surface area contributed by atoms with Crippen LogP contribution in [-0.2, 0) is 10.0 Å². The first kappa shape index (κ1) is 15.2. The van der Waals surface area contributed by atoms with Crippen molar-refractivity contribution in [3.8, 4) is 0 Å². The summed E-state index contributed by atoms with van der Waals surface area (Å²) < 4.78 is 27.4. The summed E-state index contributed by atoms with van der Waals surface area (Å²) in [5.41, 5.74) is -0.160. The molecule has 7 heteroatoms. The van der Waals surface area contributed by atoms with E-state index in [1.54, 1.807) is 6.07 Å². The van der Waals surface area contributed by atoms with Crippen LogP contribution in [0.5, 0.6) is 0 Å². The first-order valence-electron chi connectivity index (χ1n) is 7.28. The minimum absolute atomic E-state index is 0.0944. The molecule has 0 radical (unpaired) electrons. The second kappa shape index (κ2) is 4.89. The van der Waals surface area contributed by atoms with Crippen LogP contribution in [0.3, 0.4) is 0 Å². The number of hydrogen-bond donors (Lipinski definition) is 2. The highest BCUT2D eigenvalue weighted by Crippen LogP contribution is 2.36. The van der Waals surface area contributed by atoms with E-state index in [0.29, 0.717) is 11.3 Å². The molecule has 1 heterocycles. The predicted octanol–water partition coefficient (Wildman–Crippen LogP) is 1.88. The van der Waals surface area contributed by atoms with Crippen molar-refractivity contribution in [2.45, 2.75) is 50.0 Å². The number of nitrogens with zero attached hydrogens (tertiary/aromatic N) is 1. The maximum atomic E-state index is 12.4. The lowest BCUT2D eigenvalue weighted by molar-refractivity contribution is 0.558. The lowest BCUT2D eigenvalue weighted by Gasteiger charge is -2.12. The number of hydrogen-bond acceptors (Lipinski definition) is 4. The molecule has 1 aromatic carbocycles. The molecule has 1 saturated carbocycles. The van der Waals surface area contributed by atoms with Gasteiger partial charge in [0.2, 0.25) is 10.0 Å². The van der Waals surface area contributed by atoms with Gasteiger partial charge in [0, 0.05) is 11.5 Å². The molecule has 118 valence electrons. The van der Waals surface area contributed by atoms with Crippen LogP contribution in [-0.4, -0.2) is 23.9 Å². The van der Waals surface area contributed by atoms with Crippen molar-refractivity contribution in [2.24, 2.45) is 0 Å². The molecule has 0 amide bonds. The number of fused-ring (bicyclic) bond motifs is 1. The molecule has 3 rings (SSSR count). The Kier molecular flexibility index (Phi) is 3.37. The molecule has 1 aliphatic rings. The van der Waals surface area contributed by atoms with Crippen molar-refractivity contribution in [2.75, 3.05) is 0 Å². The largest absolute Gasteiger partial charge is 0.310 e. The Morgan fingerprint density at radius 1 is 1.32 bits per heavy atom. The molecule has 0 unspecified atom stereocenters. The van der Waals surface area contributed by atoms with Gasteiger partial charge in [0.05, 0.1) is 15.8 Å². The van der Waals surface area contributed by atoms with E-state index >= 15 is 0 Å². The number of benzene rings is 1. The Balaban J connectivity index is 2.08. The summed E-state index contributed by atoms with van der Waals surface area (Å²) >= 11 is 0. The number of aromatic nitrogens is 2. The molecule has 0 saturated heterocycles. The average Bonchev–Trinajstić information content (AvgIpc) is 3.14. The van der Waals surface area contributed by atoms with E-state index in [-0.39, 0.29) is 27.3 Å². The van der Waals surface area contributed by atoms with Crippen molar-refractivity contribution >= 4 is 20.9 Å². The Morgan fingerprint density at radius 3 is 2.59 bits per heavy atom. The highest BCUT2D eigenvalue weighted by molar-refractivity contribution is 7.89. The van der Waals surface area contributed by atoms with E-state index in [2.05, 4.69) is 14.7 Å².